The van der Waals surface area contributed by atoms with Gasteiger partial charge in [0.2, 0.25) is 9.04 Å². The molecule has 0 saturated heterocycles. The summed E-state index contributed by atoms with van der Waals surface area (Å²) in [5.41, 5.74) is 0.598. The number of fused-ring (bicyclic) bond motifs is 1. The van der Waals surface area contributed by atoms with Gasteiger partial charge in [0.25, 0.3) is 5.91 Å². The van der Waals surface area contributed by atoms with E-state index in [1.54, 1.807) is 13.2 Å². The monoisotopic (exact) mass is 336 g/mol. The molecule has 6 heteroatoms. The van der Waals surface area contributed by atoms with Crippen LogP contribution in [0.3, 0.4) is 0 Å². The molecule has 0 bridgehead atoms. The third-order valence-corrected chi connectivity index (χ3v) is 4.53. The molecule has 23 heavy (non-hydrogen) atoms. The van der Waals surface area contributed by atoms with Crippen LogP contribution in [-0.2, 0) is 9.22 Å². The van der Waals surface area contributed by atoms with E-state index in [1.165, 1.54) is 0 Å². The number of hydrogen-bond acceptors (Lipinski definition) is 4. The Labute approximate surface area is 140 Å². The summed E-state index contributed by atoms with van der Waals surface area (Å²) in [5.74, 6) is 1.22. The number of carbonyl (C=O) groups excluding carboxylic acids is 1. The van der Waals surface area contributed by atoms with Gasteiger partial charge in [-0.15, -0.1) is 0 Å². The molecule has 127 valence electrons. The van der Waals surface area contributed by atoms with E-state index in [2.05, 4.69) is 39.2 Å². The van der Waals surface area contributed by atoms with Gasteiger partial charge in [0.1, 0.15) is 11.5 Å². The second-order valence-electron chi connectivity index (χ2n) is 7.07. The van der Waals surface area contributed by atoms with E-state index in [1.807, 2.05) is 12.1 Å². The van der Waals surface area contributed by atoms with Crippen LogP contribution in [0.5, 0.6) is 11.5 Å². The van der Waals surface area contributed by atoms with Gasteiger partial charge in [0.05, 0.1) is 18.9 Å². The summed E-state index contributed by atoms with van der Waals surface area (Å²) in [6.07, 6.45) is -0.0279. The number of carbonyl (C=O) groups is 1. The molecule has 2 unspecified atom stereocenters. The van der Waals surface area contributed by atoms with Crippen molar-refractivity contribution >= 4 is 20.6 Å². The maximum absolute atomic E-state index is 12.4. The molecule has 0 fully saturated rings. The van der Waals surface area contributed by atoms with Crippen LogP contribution in [0.2, 0.25) is 13.1 Å². The molecule has 1 amide bonds. The molecule has 0 aliphatic carbocycles. The standard InChI is InChI=1S/C17H26NO4Si/c1-17(2,3)15(22-23(5)6)10-14-16(19)18-12-9-11(20-4)7-8-13(12)21-14/h7-9,14-15H,10H2,1-6H3,(H,18,19). The van der Waals surface area contributed by atoms with Crippen LogP contribution in [0.4, 0.5) is 5.69 Å². The average molecular weight is 336 g/mol. The van der Waals surface area contributed by atoms with E-state index >= 15 is 0 Å². The first-order valence-electron chi connectivity index (χ1n) is 7.83. The Bertz CT molecular complexity index is 568. The van der Waals surface area contributed by atoms with Crippen molar-refractivity contribution in [2.24, 2.45) is 5.41 Å². The van der Waals surface area contributed by atoms with E-state index in [9.17, 15) is 4.79 Å². The predicted molar refractivity (Wildman–Crippen MR) is 92.5 cm³/mol. The fraction of sp³-hybridized carbons (Fsp3) is 0.588. The van der Waals surface area contributed by atoms with Crippen molar-refractivity contribution in [3.63, 3.8) is 0 Å². The third kappa shape index (κ3) is 4.48. The Morgan fingerprint density at radius 1 is 1.35 bits per heavy atom. The number of anilines is 1. The molecule has 1 aliphatic rings. The predicted octanol–water partition coefficient (Wildman–Crippen LogP) is 3.47. The fourth-order valence-corrected chi connectivity index (χ4v) is 3.49. The lowest BCUT2D eigenvalue weighted by atomic mass is 9.85. The fourth-order valence-electron chi connectivity index (χ4n) is 2.47. The molecule has 1 aromatic rings. The molecule has 0 saturated carbocycles. The second kappa shape index (κ2) is 6.92. The third-order valence-electron chi connectivity index (χ3n) is 3.78. The quantitative estimate of drug-likeness (QED) is 0.837. The summed E-state index contributed by atoms with van der Waals surface area (Å²) in [7, 11) is 0.738. The topological polar surface area (TPSA) is 56.8 Å². The van der Waals surface area contributed by atoms with Gasteiger partial charge in [0.15, 0.2) is 6.10 Å². The number of amides is 1. The Morgan fingerprint density at radius 2 is 2.04 bits per heavy atom. The van der Waals surface area contributed by atoms with Crippen molar-refractivity contribution in [3.8, 4) is 11.5 Å². The van der Waals surface area contributed by atoms with Gasteiger partial charge in [-0.25, -0.2) is 0 Å². The van der Waals surface area contributed by atoms with Crippen molar-refractivity contribution < 1.29 is 18.7 Å². The number of nitrogens with one attached hydrogen (secondary N) is 1. The number of ether oxygens (including phenoxy) is 2. The molecular formula is C17H26NO4Si. The molecule has 1 aliphatic heterocycles. The smallest absolute Gasteiger partial charge is 0.265 e. The van der Waals surface area contributed by atoms with Crippen molar-refractivity contribution in [3.05, 3.63) is 18.2 Å². The minimum Gasteiger partial charge on any atom is -0.497 e. The minimum absolute atomic E-state index is 0.0260. The van der Waals surface area contributed by atoms with Gasteiger partial charge < -0.3 is 19.2 Å². The van der Waals surface area contributed by atoms with E-state index in [0.717, 1.165) is 0 Å². The van der Waals surface area contributed by atoms with Crippen molar-refractivity contribution in [2.75, 3.05) is 12.4 Å². The average Bonchev–Trinajstić information content (AvgIpc) is 2.45. The summed E-state index contributed by atoms with van der Waals surface area (Å²) in [4.78, 5) is 12.4. The van der Waals surface area contributed by atoms with Gasteiger partial charge in [-0.05, 0) is 30.6 Å². The molecule has 1 heterocycles. The first-order valence-corrected chi connectivity index (χ1v) is 10.2. The van der Waals surface area contributed by atoms with Crippen molar-refractivity contribution in [1.82, 2.24) is 0 Å². The lowest BCUT2D eigenvalue weighted by Gasteiger charge is -2.36. The van der Waals surface area contributed by atoms with Gasteiger partial charge >= 0.3 is 0 Å². The Morgan fingerprint density at radius 3 is 2.61 bits per heavy atom. The highest BCUT2D eigenvalue weighted by Gasteiger charge is 2.35. The van der Waals surface area contributed by atoms with Crippen LogP contribution in [0.15, 0.2) is 18.2 Å². The van der Waals surface area contributed by atoms with E-state index in [4.69, 9.17) is 13.9 Å². The molecule has 5 nitrogen and oxygen atoms in total. The van der Waals surface area contributed by atoms with Gasteiger partial charge in [0, 0.05) is 12.5 Å². The molecule has 1 radical (unpaired) electrons. The van der Waals surface area contributed by atoms with Crippen molar-refractivity contribution in [1.29, 1.82) is 0 Å². The Hall–Kier alpha value is -1.53. The first kappa shape index (κ1) is 17.8. The van der Waals surface area contributed by atoms with Gasteiger partial charge in [-0.3, -0.25) is 4.79 Å². The molecular weight excluding hydrogens is 310 g/mol. The number of hydrogen-bond donors (Lipinski definition) is 1. The second-order valence-corrected chi connectivity index (χ2v) is 9.13. The lowest BCUT2D eigenvalue weighted by molar-refractivity contribution is -0.125. The number of rotatable bonds is 5. The minimum atomic E-state index is -0.856. The maximum atomic E-state index is 12.4. The molecule has 0 spiro atoms. The lowest BCUT2D eigenvalue weighted by Crippen LogP contribution is -2.44. The summed E-state index contributed by atoms with van der Waals surface area (Å²) >= 11 is 0. The number of methoxy groups -OCH3 is 1. The van der Waals surface area contributed by atoms with Crippen LogP contribution >= 0.6 is 0 Å². The van der Waals surface area contributed by atoms with Crippen LogP contribution < -0.4 is 14.8 Å². The zero-order chi connectivity index (χ0) is 17.2. The van der Waals surface area contributed by atoms with Crippen LogP contribution in [0.25, 0.3) is 0 Å². The highest BCUT2D eigenvalue weighted by molar-refractivity contribution is 6.48. The maximum Gasteiger partial charge on any atom is 0.265 e. The molecule has 1 N–H and O–H groups in total. The first-order chi connectivity index (χ1) is 10.7. The highest BCUT2D eigenvalue weighted by atomic mass is 28.3. The Balaban J connectivity index is 2.15. The summed E-state index contributed by atoms with van der Waals surface area (Å²) in [6, 6.07) is 5.41. The largest absolute Gasteiger partial charge is 0.497 e. The number of benzene rings is 1. The molecule has 2 atom stereocenters. The summed E-state index contributed by atoms with van der Waals surface area (Å²) in [6.45, 7) is 10.6. The summed E-state index contributed by atoms with van der Waals surface area (Å²) < 4.78 is 17.2. The van der Waals surface area contributed by atoms with Crippen LogP contribution in [0, 0.1) is 5.41 Å². The summed E-state index contributed by atoms with van der Waals surface area (Å²) in [5, 5.41) is 2.90. The molecule has 2 rings (SSSR count). The van der Waals surface area contributed by atoms with E-state index in [-0.39, 0.29) is 17.4 Å². The van der Waals surface area contributed by atoms with E-state index in [0.29, 0.717) is 23.6 Å². The highest BCUT2D eigenvalue weighted by Crippen LogP contribution is 2.35. The van der Waals surface area contributed by atoms with Crippen LogP contribution in [0.1, 0.15) is 27.2 Å². The molecule has 1 aromatic carbocycles. The zero-order valence-corrected chi connectivity index (χ0v) is 15.7. The van der Waals surface area contributed by atoms with Gasteiger partial charge in [-0.2, -0.15) is 0 Å². The normalized spacial score (nSPS) is 18.9. The van der Waals surface area contributed by atoms with Crippen molar-refractivity contribution in [2.45, 2.75) is 52.5 Å². The van der Waals surface area contributed by atoms with Crippen LogP contribution in [-0.4, -0.2) is 34.3 Å². The Kier molecular flexibility index (Phi) is 5.36. The van der Waals surface area contributed by atoms with Gasteiger partial charge in [-0.1, -0.05) is 20.8 Å². The molecule has 0 aromatic heterocycles. The SMILES string of the molecule is COc1ccc2c(c1)NC(=O)C(CC(O[Si](C)C)C(C)(C)C)O2. The van der Waals surface area contributed by atoms with E-state index < -0.39 is 15.1 Å². The zero-order valence-electron chi connectivity index (χ0n) is 14.7.